The third-order valence-corrected chi connectivity index (χ3v) is 5.62. The first-order valence-corrected chi connectivity index (χ1v) is 10.8. The van der Waals surface area contributed by atoms with E-state index in [1.54, 1.807) is 6.07 Å². The molecule has 1 aliphatic carbocycles. The van der Waals surface area contributed by atoms with E-state index >= 15 is 0 Å². The fraction of sp³-hybridized carbons (Fsp3) is 0.333. The minimum atomic E-state index is -3.67. The molecule has 0 saturated heterocycles. The maximum atomic E-state index is 14.0. The van der Waals surface area contributed by atoms with Crippen LogP contribution in [0, 0.1) is 5.82 Å². The van der Waals surface area contributed by atoms with Crippen molar-refractivity contribution in [3.63, 3.8) is 0 Å². The lowest BCUT2D eigenvalue weighted by atomic mass is 9.83. The van der Waals surface area contributed by atoms with Gasteiger partial charge >= 0.3 is 0 Å². The molecule has 0 spiro atoms. The zero-order chi connectivity index (χ0) is 20.3. The van der Waals surface area contributed by atoms with Crippen LogP contribution in [0.5, 0.6) is 0 Å². The molecule has 0 radical (unpaired) electrons. The Hall–Kier alpha value is -2.38. The number of fused-ring (bicyclic) bond motifs is 2. The summed E-state index contributed by atoms with van der Waals surface area (Å²) >= 11 is 0. The highest BCUT2D eigenvalue weighted by Gasteiger charge is 2.33. The van der Waals surface area contributed by atoms with Gasteiger partial charge in [0.1, 0.15) is 5.82 Å². The van der Waals surface area contributed by atoms with Crippen molar-refractivity contribution in [2.24, 2.45) is 9.98 Å². The van der Waals surface area contributed by atoms with Gasteiger partial charge in [-0.05, 0) is 60.7 Å². The summed E-state index contributed by atoms with van der Waals surface area (Å²) in [5.74, 6) is -0.570. The van der Waals surface area contributed by atoms with E-state index in [2.05, 4.69) is 23.4 Å². The van der Waals surface area contributed by atoms with Crippen LogP contribution >= 0.6 is 0 Å². The predicted octanol–water partition coefficient (Wildman–Crippen LogP) is 3.69. The molecule has 0 aromatic heterocycles. The lowest BCUT2D eigenvalue weighted by molar-refractivity contribution is 0.193. The molecular formula is C21H23FN2O3S. The average Bonchev–Trinajstić information content (AvgIpc) is 2.75. The van der Waals surface area contributed by atoms with Crippen LogP contribution in [-0.4, -0.2) is 40.8 Å². The number of rotatable bonds is 7. The molecule has 2 aromatic carbocycles. The zero-order valence-corrected chi connectivity index (χ0v) is 16.5. The fourth-order valence-corrected chi connectivity index (χ4v) is 4.58. The Morgan fingerprint density at radius 3 is 2.57 bits per heavy atom. The highest BCUT2D eigenvalue weighted by Crippen LogP contribution is 2.44. The predicted molar refractivity (Wildman–Crippen MR) is 109 cm³/mol. The lowest BCUT2D eigenvalue weighted by Crippen LogP contribution is -2.25. The molecule has 2 aromatic rings. The smallest absolute Gasteiger partial charge is 0.264 e. The zero-order valence-electron chi connectivity index (χ0n) is 15.7. The molecule has 7 heteroatoms. The number of benzene rings is 2. The van der Waals surface area contributed by atoms with E-state index in [0.29, 0.717) is 12.8 Å². The molecule has 0 heterocycles. The van der Waals surface area contributed by atoms with Gasteiger partial charge in [-0.25, -0.2) is 4.39 Å². The Labute approximate surface area is 165 Å². The molecule has 0 saturated carbocycles. The Morgan fingerprint density at radius 1 is 1.18 bits per heavy atom. The number of hydrogen-bond acceptors (Lipinski definition) is 5. The van der Waals surface area contributed by atoms with Crippen LogP contribution in [-0.2, 0) is 20.7 Å². The van der Waals surface area contributed by atoms with E-state index in [4.69, 9.17) is 4.18 Å². The van der Waals surface area contributed by atoms with Gasteiger partial charge in [0, 0.05) is 5.92 Å². The molecule has 5 nitrogen and oxygen atoms in total. The van der Waals surface area contributed by atoms with Crippen LogP contribution in [0.4, 0.5) is 4.39 Å². The van der Waals surface area contributed by atoms with Crippen molar-refractivity contribution in [3.05, 3.63) is 70.5 Å². The van der Waals surface area contributed by atoms with E-state index in [1.807, 2.05) is 24.3 Å². The Bertz CT molecular complexity index is 991. The standard InChI is InChI=1S/C21H23FN2O3S/c1-23-13-17(27-28(3,25)26)12-20-18-7-5-4-6-14(18)10-15-8-9-16(22)11-19(15)21(20)24-2/h4-9,11,17,20-21H,1-2,10,12-13H2,3H3/t17-,20+,21+/m0/s1. The van der Waals surface area contributed by atoms with Crippen LogP contribution in [0.15, 0.2) is 52.4 Å². The first-order chi connectivity index (χ1) is 13.3. The Kier molecular flexibility index (Phi) is 6.05. The second kappa shape index (κ2) is 8.32. The largest absolute Gasteiger partial charge is 0.298 e. The second-order valence-electron chi connectivity index (χ2n) is 7.02. The van der Waals surface area contributed by atoms with Gasteiger partial charge in [-0.3, -0.25) is 14.2 Å². The van der Waals surface area contributed by atoms with Crippen molar-refractivity contribution >= 4 is 23.6 Å². The van der Waals surface area contributed by atoms with Gasteiger partial charge in [-0.1, -0.05) is 30.3 Å². The number of aliphatic imine (C=N–C) groups is 2. The maximum absolute atomic E-state index is 14.0. The molecule has 28 heavy (non-hydrogen) atoms. The molecule has 0 fully saturated rings. The normalized spacial score (nSPS) is 19.8. The number of nitrogens with zero attached hydrogens (tertiary/aromatic N) is 2. The minimum absolute atomic E-state index is 0.131. The first kappa shape index (κ1) is 20.4. The molecule has 148 valence electrons. The van der Waals surface area contributed by atoms with Crippen LogP contribution in [0.2, 0.25) is 0 Å². The van der Waals surface area contributed by atoms with E-state index in [-0.39, 0.29) is 18.3 Å². The van der Waals surface area contributed by atoms with Crippen molar-refractivity contribution in [1.29, 1.82) is 0 Å². The minimum Gasteiger partial charge on any atom is -0.298 e. The number of hydrogen-bond donors (Lipinski definition) is 0. The molecule has 3 rings (SSSR count). The fourth-order valence-electron chi connectivity index (χ4n) is 3.95. The topological polar surface area (TPSA) is 68.1 Å². The SMILES string of the molecule is C=NC[C@H](C[C@@H]1c2ccccc2Cc2ccc(F)cc2[C@H]1N=C)OS(C)(=O)=O. The van der Waals surface area contributed by atoms with Gasteiger partial charge < -0.3 is 0 Å². The Balaban J connectivity index is 2.10. The van der Waals surface area contributed by atoms with Crippen molar-refractivity contribution < 1.29 is 17.0 Å². The van der Waals surface area contributed by atoms with Crippen molar-refractivity contribution in [3.8, 4) is 0 Å². The highest BCUT2D eigenvalue weighted by molar-refractivity contribution is 7.86. The first-order valence-electron chi connectivity index (χ1n) is 8.95. The monoisotopic (exact) mass is 402 g/mol. The molecule has 0 amide bonds. The van der Waals surface area contributed by atoms with Crippen LogP contribution in [0.3, 0.4) is 0 Å². The third kappa shape index (κ3) is 4.54. The summed E-state index contributed by atoms with van der Waals surface area (Å²) in [5.41, 5.74) is 3.87. The average molecular weight is 402 g/mol. The van der Waals surface area contributed by atoms with E-state index < -0.39 is 22.3 Å². The van der Waals surface area contributed by atoms with E-state index in [0.717, 1.165) is 28.5 Å². The van der Waals surface area contributed by atoms with Crippen molar-refractivity contribution in [2.75, 3.05) is 12.8 Å². The number of halogens is 1. The van der Waals surface area contributed by atoms with Crippen molar-refractivity contribution in [2.45, 2.75) is 30.9 Å². The third-order valence-electron chi connectivity index (χ3n) is 5.00. The molecule has 1 aliphatic rings. The molecule has 0 unspecified atom stereocenters. The molecule has 0 bridgehead atoms. The maximum Gasteiger partial charge on any atom is 0.264 e. The van der Waals surface area contributed by atoms with Gasteiger partial charge in [-0.15, -0.1) is 0 Å². The van der Waals surface area contributed by atoms with Gasteiger partial charge in [0.2, 0.25) is 0 Å². The molecule has 0 aliphatic heterocycles. The van der Waals surface area contributed by atoms with Crippen LogP contribution < -0.4 is 0 Å². The molecule has 0 N–H and O–H groups in total. The molecule has 3 atom stereocenters. The highest BCUT2D eigenvalue weighted by atomic mass is 32.2. The second-order valence-corrected chi connectivity index (χ2v) is 8.62. The van der Waals surface area contributed by atoms with Crippen molar-refractivity contribution in [1.82, 2.24) is 0 Å². The summed E-state index contributed by atoms with van der Waals surface area (Å²) in [5, 5.41) is 0. The summed E-state index contributed by atoms with van der Waals surface area (Å²) in [6.45, 7) is 7.33. The van der Waals surface area contributed by atoms with Crippen LogP contribution in [0.25, 0.3) is 0 Å². The summed E-state index contributed by atoms with van der Waals surface area (Å²) in [7, 11) is -3.67. The lowest BCUT2D eigenvalue weighted by Gasteiger charge is -2.28. The van der Waals surface area contributed by atoms with Gasteiger partial charge in [0.15, 0.2) is 0 Å². The summed E-state index contributed by atoms with van der Waals surface area (Å²) in [4.78, 5) is 8.14. The van der Waals surface area contributed by atoms with Gasteiger partial charge in [-0.2, -0.15) is 8.42 Å². The quantitative estimate of drug-likeness (QED) is 0.524. The Morgan fingerprint density at radius 2 is 1.89 bits per heavy atom. The summed E-state index contributed by atoms with van der Waals surface area (Å²) in [6.07, 6.45) is 1.30. The van der Waals surface area contributed by atoms with E-state index in [9.17, 15) is 12.8 Å². The van der Waals surface area contributed by atoms with Gasteiger partial charge in [0.05, 0.1) is 24.9 Å². The summed E-state index contributed by atoms with van der Waals surface area (Å²) in [6, 6.07) is 12.2. The van der Waals surface area contributed by atoms with Crippen LogP contribution in [0.1, 0.15) is 40.6 Å². The summed E-state index contributed by atoms with van der Waals surface area (Å²) < 4.78 is 42.6. The van der Waals surface area contributed by atoms with Gasteiger partial charge in [0.25, 0.3) is 10.1 Å². The molecular weight excluding hydrogens is 379 g/mol. The van der Waals surface area contributed by atoms with E-state index in [1.165, 1.54) is 12.1 Å².